The summed E-state index contributed by atoms with van der Waals surface area (Å²) in [6.45, 7) is 3.78. The van der Waals surface area contributed by atoms with Crippen LogP contribution in [0.4, 0.5) is 0 Å². The lowest BCUT2D eigenvalue weighted by Gasteiger charge is -2.10. The van der Waals surface area contributed by atoms with Crippen LogP contribution in [-0.2, 0) is 25.1 Å². The summed E-state index contributed by atoms with van der Waals surface area (Å²) in [7, 11) is 2.78. The van der Waals surface area contributed by atoms with Crippen molar-refractivity contribution in [3.05, 3.63) is 23.8 Å². The largest absolute Gasteiger partial charge is 0.495 e. The predicted molar refractivity (Wildman–Crippen MR) is 79.0 cm³/mol. The Morgan fingerprint density at radius 2 is 2.05 bits per heavy atom. The maximum Gasteiger partial charge on any atom is 0.264 e. The normalized spacial score (nSPS) is 11.5. The molecule has 0 fully saturated rings. The van der Waals surface area contributed by atoms with Gasteiger partial charge in [-0.15, -0.1) is 0 Å². The van der Waals surface area contributed by atoms with Crippen LogP contribution in [0.3, 0.4) is 0 Å². The van der Waals surface area contributed by atoms with Gasteiger partial charge in [-0.05, 0) is 31.5 Å². The van der Waals surface area contributed by atoms with Gasteiger partial charge in [0.1, 0.15) is 17.3 Å². The van der Waals surface area contributed by atoms with E-state index in [0.717, 1.165) is 0 Å². The highest BCUT2D eigenvalue weighted by Gasteiger charge is 2.17. The van der Waals surface area contributed by atoms with Crippen molar-refractivity contribution < 1.29 is 22.7 Å². The fraction of sp³-hybridized carbons (Fsp3) is 0.462. The molecule has 1 rings (SSSR count). The Morgan fingerprint density at radius 1 is 1.38 bits per heavy atom. The summed E-state index contributed by atoms with van der Waals surface area (Å²) in [6, 6.07) is 4.50. The molecule has 0 aromatic heterocycles. The zero-order chi connectivity index (χ0) is 16.0. The molecule has 0 unspecified atom stereocenters. The lowest BCUT2D eigenvalue weighted by molar-refractivity contribution is -0.127. The van der Waals surface area contributed by atoms with Gasteiger partial charge < -0.3 is 14.8 Å². The molecule has 0 aliphatic rings. The second-order valence-corrected chi connectivity index (χ2v) is 7.09. The number of rotatable bonds is 7. The smallest absolute Gasteiger partial charge is 0.264 e. The molecule has 1 aromatic carbocycles. The molecular formula is C13H18ClNO5S. The molecule has 1 amide bonds. The van der Waals surface area contributed by atoms with Crippen LogP contribution in [0, 0.1) is 0 Å². The molecule has 118 valence electrons. The summed E-state index contributed by atoms with van der Waals surface area (Å²) in [5, 5.41) is 2.63. The van der Waals surface area contributed by atoms with Crippen molar-refractivity contribution in [3.8, 4) is 5.75 Å². The molecule has 1 N–H and O–H groups in total. The van der Waals surface area contributed by atoms with E-state index in [2.05, 4.69) is 5.32 Å². The number of hydrogen-bond donors (Lipinski definition) is 1. The SMILES string of the molecule is COc1ccc(CNC(=O)COC(C)C)cc1S(=O)(=O)Cl. The maximum atomic E-state index is 11.5. The van der Waals surface area contributed by atoms with Gasteiger partial charge in [0.05, 0.1) is 13.2 Å². The van der Waals surface area contributed by atoms with E-state index in [4.69, 9.17) is 20.2 Å². The molecule has 0 radical (unpaired) electrons. The van der Waals surface area contributed by atoms with Crippen LogP contribution < -0.4 is 10.1 Å². The molecule has 0 saturated heterocycles. The third-order valence-electron chi connectivity index (χ3n) is 2.53. The molecular weight excluding hydrogens is 318 g/mol. The highest BCUT2D eigenvalue weighted by molar-refractivity contribution is 8.13. The molecule has 1 aromatic rings. The number of hydrogen-bond acceptors (Lipinski definition) is 5. The topological polar surface area (TPSA) is 81.7 Å². The minimum absolute atomic E-state index is 0.0373. The molecule has 0 saturated carbocycles. The van der Waals surface area contributed by atoms with E-state index < -0.39 is 9.05 Å². The van der Waals surface area contributed by atoms with Crippen LogP contribution in [0.25, 0.3) is 0 Å². The minimum Gasteiger partial charge on any atom is -0.495 e. The summed E-state index contributed by atoms with van der Waals surface area (Å²) in [5.41, 5.74) is 0.591. The van der Waals surface area contributed by atoms with Crippen molar-refractivity contribution in [2.75, 3.05) is 13.7 Å². The molecule has 21 heavy (non-hydrogen) atoms. The van der Waals surface area contributed by atoms with E-state index in [9.17, 15) is 13.2 Å². The Bertz CT molecular complexity index is 601. The van der Waals surface area contributed by atoms with Gasteiger partial charge in [0, 0.05) is 17.2 Å². The van der Waals surface area contributed by atoms with Gasteiger partial charge in [-0.2, -0.15) is 0 Å². The molecule has 0 bridgehead atoms. The summed E-state index contributed by atoms with van der Waals surface area (Å²) in [6.07, 6.45) is -0.0373. The number of methoxy groups -OCH3 is 1. The third kappa shape index (κ3) is 5.91. The highest BCUT2D eigenvalue weighted by Crippen LogP contribution is 2.27. The number of carbonyl (C=O) groups excluding carboxylic acids is 1. The number of amides is 1. The van der Waals surface area contributed by atoms with E-state index in [0.29, 0.717) is 5.56 Å². The Labute approximate surface area is 128 Å². The molecule has 0 spiro atoms. The van der Waals surface area contributed by atoms with E-state index in [-0.39, 0.29) is 35.8 Å². The first-order valence-electron chi connectivity index (χ1n) is 6.24. The average molecular weight is 336 g/mol. The highest BCUT2D eigenvalue weighted by atomic mass is 35.7. The summed E-state index contributed by atoms with van der Waals surface area (Å²) in [4.78, 5) is 11.4. The number of benzene rings is 1. The zero-order valence-electron chi connectivity index (χ0n) is 12.1. The first-order valence-corrected chi connectivity index (χ1v) is 8.55. The van der Waals surface area contributed by atoms with Gasteiger partial charge in [0.15, 0.2) is 0 Å². The standard InChI is InChI=1S/C13H18ClNO5S/c1-9(2)20-8-13(16)15-7-10-4-5-11(19-3)12(6-10)21(14,17)18/h4-6,9H,7-8H2,1-3H3,(H,15,16). The van der Waals surface area contributed by atoms with E-state index in [1.165, 1.54) is 19.2 Å². The van der Waals surface area contributed by atoms with Crippen molar-refractivity contribution in [1.82, 2.24) is 5.32 Å². The fourth-order valence-electron chi connectivity index (χ4n) is 1.52. The Morgan fingerprint density at radius 3 is 2.57 bits per heavy atom. The average Bonchev–Trinajstić information content (AvgIpc) is 2.41. The lowest BCUT2D eigenvalue weighted by atomic mass is 10.2. The molecule has 0 atom stereocenters. The third-order valence-corrected chi connectivity index (χ3v) is 3.87. The van der Waals surface area contributed by atoms with Gasteiger partial charge in [-0.25, -0.2) is 8.42 Å². The van der Waals surface area contributed by atoms with Gasteiger partial charge in [-0.3, -0.25) is 4.79 Å². The predicted octanol–water partition coefficient (Wildman–Crippen LogP) is 1.66. The molecule has 0 aliphatic heterocycles. The Hall–Kier alpha value is -1.31. The van der Waals surface area contributed by atoms with Crippen molar-refractivity contribution in [2.24, 2.45) is 0 Å². The quantitative estimate of drug-likeness (QED) is 0.766. The van der Waals surface area contributed by atoms with E-state index in [1.807, 2.05) is 13.8 Å². The monoisotopic (exact) mass is 335 g/mol. The van der Waals surface area contributed by atoms with Gasteiger partial charge in [0.25, 0.3) is 9.05 Å². The van der Waals surface area contributed by atoms with Gasteiger partial charge in [-0.1, -0.05) is 6.07 Å². The minimum atomic E-state index is -3.92. The molecule has 0 heterocycles. The first-order chi connectivity index (χ1) is 9.74. The zero-order valence-corrected chi connectivity index (χ0v) is 13.6. The van der Waals surface area contributed by atoms with Crippen LogP contribution in [-0.4, -0.2) is 34.1 Å². The van der Waals surface area contributed by atoms with Crippen molar-refractivity contribution in [1.29, 1.82) is 0 Å². The van der Waals surface area contributed by atoms with Crippen molar-refractivity contribution in [2.45, 2.75) is 31.4 Å². The number of ether oxygens (including phenoxy) is 2. The van der Waals surface area contributed by atoms with Crippen molar-refractivity contribution in [3.63, 3.8) is 0 Å². The summed E-state index contributed by atoms with van der Waals surface area (Å²) >= 11 is 0. The summed E-state index contributed by atoms with van der Waals surface area (Å²) in [5.74, 6) is -0.127. The second kappa shape index (κ2) is 7.63. The van der Waals surface area contributed by atoms with Gasteiger partial charge >= 0.3 is 0 Å². The van der Waals surface area contributed by atoms with Gasteiger partial charge in [0.2, 0.25) is 5.91 Å². The molecule has 8 heteroatoms. The van der Waals surface area contributed by atoms with Crippen LogP contribution >= 0.6 is 10.7 Å². The summed E-state index contributed by atoms with van der Waals surface area (Å²) < 4.78 is 33.0. The Kier molecular flexibility index (Phi) is 6.44. The van der Waals surface area contributed by atoms with E-state index >= 15 is 0 Å². The lowest BCUT2D eigenvalue weighted by Crippen LogP contribution is -2.28. The van der Waals surface area contributed by atoms with Crippen LogP contribution in [0.15, 0.2) is 23.1 Å². The fourth-order valence-corrected chi connectivity index (χ4v) is 2.56. The Balaban J connectivity index is 2.75. The number of halogens is 1. The van der Waals surface area contributed by atoms with Crippen LogP contribution in [0.5, 0.6) is 5.75 Å². The molecule has 0 aliphatic carbocycles. The molecule has 6 nitrogen and oxygen atoms in total. The van der Waals surface area contributed by atoms with Crippen LogP contribution in [0.1, 0.15) is 19.4 Å². The number of carbonyl (C=O) groups is 1. The second-order valence-electron chi connectivity index (χ2n) is 4.56. The van der Waals surface area contributed by atoms with E-state index in [1.54, 1.807) is 6.07 Å². The maximum absolute atomic E-state index is 11.5. The first kappa shape index (κ1) is 17.7. The number of nitrogens with one attached hydrogen (secondary N) is 1. The van der Waals surface area contributed by atoms with Crippen molar-refractivity contribution >= 4 is 25.6 Å². The van der Waals surface area contributed by atoms with Crippen LogP contribution in [0.2, 0.25) is 0 Å².